The summed E-state index contributed by atoms with van der Waals surface area (Å²) in [6, 6.07) is 1.58. The average molecular weight is 323 g/mol. The molecule has 1 heterocycles. The normalized spacial score (nSPS) is 19.0. The molecule has 0 aromatic carbocycles. The Bertz CT molecular complexity index is 629. The van der Waals surface area contributed by atoms with Crippen molar-refractivity contribution in [2.24, 2.45) is 10.8 Å². The second-order valence-electron chi connectivity index (χ2n) is 7.87. The van der Waals surface area contributed by atoms with E-state index in [0.717, 1.165) is 0 Å². The minimum absolute atomic E-state index is 0.0349. The Morgan fingerprint density at radius 1 is 1.05 bits per heavy atom. The zero-order valence-electron chi connectivity index (χ0n) is 14.0. The van der Waals surface area contributed by atoms with Crippen molar-refractivity contribution in [3.05, 3.63) is 46.4 Å². The van der Waals surface area contributed by atoms with Crippen LogP contribution in [0, 0.1) is 10.8 Å². The van der Waals surface area contributed by atoms with Gasteiger partial charge in [-0.05, 0) is 29.0 Å². The highest BCUT2D eigenvalue weighted by Gasteiger charge is 2.43. The van der Waals surface area contributed by atoms with Crippen molar-refractivity contribution in [1.82, 2.24) is 0 Å². The van der Waals surface area contributed by atoms with Crippen LogP contribution in [0.2, 0.25) is 5.02 Å². The lowest BCUT2D eigenvalue weighted by molar-refractivity contribution is -0.114. The van der Waals surface area contributed by atoms with Crippen molar-refractivity contribution in [2.45, 2.75) is 47.1 Å². The lowest BCUT2D eigenvalue weighted by Crippen LogP contribution is -2.35. The summed E-state index contributed by atoms with van der Waals surface area (Å²) in [6.07, 6.45) is 4.56. The molecule has 22 heavy (non-hydrogen) atoms. The molecule has 4 heteroatoms. The Kier molecular flexibility index (Phi) is 3.95. The van der Waals surface area contributed by atoms with E-state index >= 15 is 0 Å². The summed E-state index contributed by atoms with van der Waals surface area (Å²) in [5.74, 6) is 0.206. The Balaban J connectivity index is 2.72. The van der Waals surface area contributed by atoms with Gasteiger partial charge < -0.3 is 9.52 Å². The van der Waals surface area contributed by atoms with E-state index in [0.29, 0.717) is 16.2 Å². The number of aliphatic hydroxyl groups is 1. The van der Waals surface area contributed by atoms with Crippen LogP contribution >= 0.6 is 11.6 Å². The predicted molar refractivity (Wildman–Crippen MR) is 87.7 cm³/mol. The molecular formula is C18H23ClO3. The van der Waals surface area contributed by atoms with E-state index in [1.54, 1.807) is 18.2 Å². The maximum Gasteiger partial charge on any atom is 0.185 e. The van der Waals surface area contributed by atoms with Gasteiger partial charge in [-0.25, -0.2) is 0 Å². The first-order valence-corrected chi connectivity index (χ1v) is 7.71. The highest BCUT2D eigenvalue weighted by atomic mass is 35.5. The van der Waals surface area contributed by atoms with Gasteiger partial charge in [0.2, 0.25) is 0 Å². The molecule has 1 aromatic rings. The molecule has 1 aromatic heterocycles. The van der Waals surface area contributed by atoms with Crippen LogP contribution in [0.1, 0.15) is 47.3 Å². The third kappa shape index (κ3) is 2.92. The van der Waals surface area contributed by atoms with E-state index in [1.165, 1.54) is 6.26 Å². The molecule has 0 bridgehead atoms. The van der Waals surface area contributed by atoms with E-state index < -0.39 is 16.4 Å². The number of halogens is 1. The van der Waals surface area contributed by atoms with Gasteiger partial charge >= 0.3 is 0 Å². The quantitative estimate of drug-likeness (QED) is 0.818. The number of furan rings is 1. The van der Waals surface area contributed by atoms with E-state index in [-0.39, 0.29) is 11.5 Å². The molecule has 2 rings (SSSR count). The van der Waals surface area contributed by atoms with Crippen LogP contribution in [0.15, 0.2) is 40.0 Å². The number of Topliss-reactive ketones (excluding diaryl/α,β-unsaturated/α-hetero) is 1. The highest BCUT2D eigenvalue weighted by molar-refractivity contribution is 6.31. The molecule has 0 spiro atoms. The van der Waals surface area contributed by atoms with Gasteiger partial charge in [0.15, 0.2) is 17.1 Å². The average Bonchev–Trinajstić information content (AvgIpc) is 2.76. The van der Waals surface area contributed by atoms with Gasteiger partial charge in [0.05, 0.1) is 11.3 Å². The topological polar surface area (TPSA) is 50.4 Å². The molecule has 1 aliphatic carbocycles. The molecule has 1 aliphatic rings. The number of carbonyl (C=O) groups is 1. The van der Waals surface area contributed by atoms with Crippen LogP contribution in [0.5, 0.6) is 0 Å². The molecule has 0 amide bonds. The van der Waals surface area contributed by atoms with Crippen LogP contribution in [0.4, 0.5) is 0 Å². The van der Waals surface area contributed by atoms with Gasteiger partial charge in [0.25, 0.3) is 0 Å². The van der Waals surface area contributed by atoms with Crippen molar-refractivity contribution >= 4 is 17.4 Å². The number of carbonyl (C=O) groups excluding carboxylic acids is 1. The number of ketones is 1. The van der Waals surface area contributed by atoms with Crippen LogP contribution < -0.4 is 0 Å². The SMILES string of the molecule is CC(C)(C)C1=CC(O)(c2occc2Cl)C=C(C(C)(C)C)C1=O. The largest absolute Gasteiger partial charge is 0.464 e. The molecular weight excluding hydrogens is 300 g/mol. The van der Waals surface area contributed by atoms with E-state index in [2.05, 4.69) is 0 Å². The summed E-state index contributed by atoms with van der Waals surface area (Å²) >= 11 is 6.13. The minimum Gasteiger partial charge on any atom is -0.464 e. The maximum atomic E-state index is 12.8. The molecule has 0 aliphatic heterocycles. The molecule has 1 N–H and O–H groups in total. The predicted octanol–water partition coefficient (Wildman–Crippen LogP) is 4.65. The van der Waals surface area contributed by atoms with Gasteiger partial charge in [-0.2, -0.15) is 0 Å². The first-order chi connectivity index (χ1) is 9.86. The Morgan fingerprint density at radius 3 is 1.82 bits per heavy atom. The lowest BCUT2D eigenvalue weighted by Gasteiger charge is -2.36. The standard InChI is InChI=1S/C18H23ClO3/c1-16(2,3)11-9-18(21,15-13(19)7-8-22-15)10-12(14(11)20)17(4,5)6/h7-10,21H,1-6H3. The summed E-state index contributed by atoms with van der Waals surface area (Å²) in [7, 11) is 0. The maximum absolute atomic E-state index is 12.8. The first-order valence-electron chi connectivity index (χ1n) is 7.33. The third-order valence-electron chi connectivity index (χ3n) is 3.81. The highest BCUT2D eigenvalue weighted by Crippen LogP contribution is 2.44. The molecule has 0 fully saturated rings. The van der Waals surface area contributed by atoms with Gasteiger partial charge in [-0.3, -0.25) is 4.79 Å². The van der Waals surface area contributed by atoms with Gasteiger partial charge in [0.1, 0.15) is 0 Å². The number of allylic oxidation sites excluding steroid dienone is 2. The number of hydrogen-bond acceptors (Lipinski definition) is 3. The van der Waals surface area contributed by atoms with E-state index in [1.807, 2.05) is 41.5 Å². The van der Waals surface area contributed by atoms with E-state index in [4.69, 9.17) is 16.0 Å². The fourth-order valence-electron chi connectivity index (χ4n) is 2.58. The molecule has 0 saturated carbocycles. The zero-order chi connectivity index (χ0) is 16.9. The molecule has 120 valence electrons. The van der Waals surface area contributed by atoms with Gasteiger partial charge in [0, 0.05) is 11.1 Å². The van der Waals surface area contributed by atoms with Crippen LogP contribution in [-0.4, -0.2) is 10.9 Å². The summed E-state index contributed by atoms with van der Waals surface area (Å²) in [4.78, 5) is 12.8. The van der Waals surface area contributed by atoms with Crippen LogP contribution in [-0.2, 0) is 10.4 Å². The van der Waals surface area contributed by atoms with Crippen molar-refractivity contribution < 1.29 is 14.3 Å². The number of rotatable bonds is 1. The second-order valence-corrected chi connectivity index (χ2v) is 8.28. The molecule has 3 nitrogen and oxygen atoms in total. The molecule has 0 unspecified atom stereocenters. The summed E-state index contributed by atoms with van der Waals surface area (Å²) < 4.78 is 5.38. The Hall–Kier alpha value is -1.32. The summed E-state index contributed by atoms with van der Waals surface area (Å²) in [5.41, 5.74) is -1.17. The van der Waals surface area contributed by atoms with E-state index in [9.17, 15) is 9.90 Å². The van der Waals surface area contributed by atoms with Crippen molar-refractivity contribution in [1.29, 1.82) is 0 Å². The molecule has 0 saturated heterocycles. The zero-order valence-corrected chi connectivity index (χ0v) is 14.7. The third-order valence-corrected chi connectivity index (χ3v) is 4.11. The Labute approximate surface area is 136 Å². The minimum atomic E-state index is -1.51. The Morgan fingerprint density at radius 2 is 1.50 bits per heavy atom. The van der Waals surface area contributed by atoms with Crippen LogP contribution in [0.3, 0.4) is 0 Å². The van der Waals surface area contributed by atoms with Crippen molar-refractivity contribution in [3.63, 3.8) is 0 Å². The first kappa shape index (κ1) is 17.0. The van der Waals surface area contributed by atoms with Crippen molar-refractivity contribution in [3.8, 4) is 0 Å². The van der Waals surface area contributed by atoms with Crippen LogP contribution in [0.25, 0.3) is 0 Å². The lowest BCUT2D eigenvalue weighted by atomic mass is 9.69. The summed E-state index contributed by atoms with van der Waals surface area (Å²) in [5, 5.41) is 11.5. The molecule has 0 atom stereocenters. The number of hydrogen-bond donors (Lipinski definition) is 1. The fourth-order valence-corrected chi connectivity index (χ4v) is 2.83. The molecule has 0 radical (unpaired) electrons. The van der Waals surface area contributed by atoms with Gasteiger partial charge in [-0.1, -0.05) is 53.1 Å². The van der Waals surface area contributed by atoms with Crippen molar-refractivity contribution in [2.75, 3.05) is 0 Å². The summed E-state index contributed by atoms with van der Waals surface area (Å²) in [6.45, 7) is 11.7. The van der Waals surface area contributed by atoms with Gasteiger partial charge in [-0.15, -0.1) is 0 Å². The second kappa shape index (κ2) is 5.10. The fraction of sp³-hybridized carbons (Fsp3) is 0.500. The monoisotopic (exact) mass is 322 g/mol. The smallest absolute Gasteiger partial charge is 0.185 e.